The van der Waals surface area contributed by atoms with Crippen LogP contribution >= 0.6 is 0 Å². The van der Waals surface area contributed by atoms with Gasteiger partial charge >= 0.3 is 0 Å². The second kappa shape index (κ2) is 12.7. The number of hydrogen-bond acceptors (Lipinski definition) is 1. The van der Waals surface area contributed by atoms with Crippen LogP contribution in [0.4, 0.5) is 0 Å². The molecule has 1 aliphatic rings. The van der Waals surface area contributed by atoms with Crippen molar-refractivity contribution in [1.29, 1.82) is 5.26 Å². The van der Waals surface area contributed by atoms with Crippen LogP contribution in [0, 0.1) is 28.1 Å². The molecule has 6 atom stereocenters. The van der Waals surface area contributed by atoms with Gasteiger partial charge in [-0.15, -0.1) is 0 Å². The van der Waals surface area contributed by atoms with Gasteiger partial charge in [-0.25, -0.2) is 0 Å². The lowest BCUT2D eigenvalue weighted by atomic mass is 9.59. The second-order valence-corrected chi connectivity index (χ2v) is 13.2. The minimum atomic E-state index is 0.185. The van der Waals surface area contributed by atoms with Gasteiger partial charge in [0.1, 0.15) is 0 Å². The molecule has 1 heteroatoms. The lowest BCUT2D eigenvalue weighted by molar-refractivity contribution is 0.147. The summed E-state index contributed by atoms with van der Waals surface area (Å²) in [6.07, 6.45) is 11.5. The van der Waals surface area contributed by atoms with Gasteiger partial charge in [-0.1, -0.05) is 122 Å². The predicted molar refractivity (Wildman–Crippen MR) is 160 cm³/mol. The van der Waals surface area contributed by atoms with Crippen LogP contribution in [0.5, 0.6) is 0 Å². The van der Waals surface area contributed by atoms with Gasteiger partial charge < -0.3 is 0 Å². The maximum atomic E-state index is 9.26. The third-order valence-electron chi connectivity index (χ3n) is 10.8. The van der Waals surface area contributed by atoms with E-state index in [0.717, 1.165) is 18.8 Å². The lowest BCUT2D eigenvalue weighted by Gasteiger charge is -2.46. The van der Waals surface area contributed by atoms with Crippen LogP contribution in [-0.4, -0.2) is 0 Å². The van der Waals surface area contributed by atoms with E-state index in [-0.39, 0.29) is 10.8 Å². The highest BCUT2D eigenvalue weighted by Gasteiger charge is 2.41. The van der Waals surface area contributed by atoms with Crippen molar-refractivity contribution >= 4 is 0 Å². The summed E-state index contributed by atoms with van der Waals surface area (Å²) >= 11 is 0. The monoisotopic (exact) mass is 499 g/mol. The number of fused-ring (bicyclic) bond motifs is 1. The molecule has 1 nitrogen and oxygen atoms in total. The van der Waals surface area contributed by atoms with Crippen molar-refractivity contribution in [1.82, 2.24) is 0 Å². The molecule has 0 heterocycles. The van der Waals surface area contributed by atoms with Gasteiger partial charge in [0.05, 0.1) is 6.07 Å². The zero-order valence-corrected chi connectivity index (χ0v) is 24.9. The number of benzene rings is 2. The molecule has 3 rings (SSSR count). The van der Waals surface area contributed by atoms with E-state index >= 15 is 0 Å². The molecule has 0 saturated heterocycles. The fourth-order valence-electron chi connectivity index (χ4n) is 7.46. The molecule has 0 bridgehead atoms. The number of nitrogens with zero attached hydrogens (tertiary/aromatic N) is 1. The summed E-state index contributed by atoms with van der Waals surface area (Å²) in [6.45, 7) is 17.0. The Morgan fingerprint density at radius 1 is 1.00 bits per heavy atom. The van der Waals surface area contributed by atoms with Gasteiger partial charge in [-0.3, -0.25) is 0 Å². The molecule has 37 heavy (non-hydrogen) atoms. The van der Waals surface area contributed by atoms with Gasteiger partial charge in [-0.05, 0) is 89.2 Å². The molecule has 2 aromatic rings. The van der Waals surface area contributed by atoms with Gasteiger partial charge in [0.15, 0.2) is 0 Å². The molecule has 202 valence electrons. The van der Waals surface area contributed by atoms with E-state index in [1.165, 1.54) is 50.5 Å². The maximum absolute atomic E-state index is 9.26. The molecule has 0 spiro atoms. The highest BCUT2D eigenvalue weighted by atomic mass is 14.5. The van der Waals surface area contributed by atoms with Crippen molar-refractivity contribution in [2.45, 2.75) is 130 Å². The fourth-order valence-corrected chi connectivity index (χ4v) is 7.46. The SMILES string of the molecule is CCC(C)C(C)(CC)CC(CC1CCC(C)(CC(C)(CC)CCC#N)c2ccccc21)c1ccccc1. The lowest BCUT2D eigenvalue weighted by Crippen LogP contribution is -2.36. The topological polar surface area (TPSA) is 23.8 Å². The van der Waals surface area contributed by atoms with E-state index in [0.29, 0.717) is 23.7 Å². The molecule has 1 aliphatic carbocycles. The Hall–Kier alpha value is -2.07. The first-order valence-corrected chi connectivity index (χ1v) is 15.1. The van der Waals surface area contributed by atoms with E-state index in [4.69, 9.17) is 0 Å². The third kappa shape index (κ3) is 6.88. The largest absolute Gasteiger partial charge is 0.198 e. The Balaban J connectivity index is 1.93. The predicted octanol–water partition coefficient (Wildman–Crippen LogP) is 11.0. The van der Waals surface area contributed by atoms with Crippen LogP contribution in [0.15, 0.2) is 54.6 Å². The Morgan fingerprint density at radius 2 is 1.68 bits per heavy atom. The van der Waals surface area contributed by atoms with Crippen molar-refractivity contribution in [3.05, 3.63) is 71.3 Å². The van der Waals surface area contributed by atoms with E-state index in [2.05, 4.69) is 109 Å². The van der Waals surface area contributed by atoms with Crippen LogP contribution in [0.2, 0.25) is 0 Å². The van der Waals surface area contributed by atoms with Gasteiger partial charge in [0.2, 0.25) is 0 Å². The molecule has 0 aromatic heterocycles. The average molecular weight is 500 g/mol. The summed E-state index contributed by atoms with van der Waals surface area (Å²) in [5, 5.41) is 9.26. The second-order valence-electron chi connectivity index (χ2n) is 13.2. The van der Waals surface area contributed by atoms with Crippen molar-refractivity contribution in [2.75, 3.05) is 0 Å². The van der Waals surface area contributed by atoms with Crippen molar-refractivity contribution in [3.63, 3.8) is 0 Å². The first kappa shape index (κ1) is 29.5. The summed E-state index contributed by atoms with van der Waals surface area (Å²) < 4.78 is 0. The molecular formula is C36H53N. The van der Waals surface area contributed by atoms with Crippen LogP contribution in [0.1, 0.15) is 141 Å². The van der Waals surface area contributed by atoms with E-state index in [1.54, 1.807) is 11.1 Å². The normalized spacial score (nSPS) is 24.2. The van der Waals surface area contributed by atoms with E-state index in [9.17, 15) is 5.26 Å². The first-order chi connectivity index (χ1) is 17.6. The van der Waals surface area contributed by atoms with Crippen molar-refractivity contribution < 1.29 is 0 Å². The quantitative estimate of drug-likeness (QED) is 0.269. The molecule has 0 N–H and O–H groups in total. The third-order valence-corrected chi connectivity index (χ3v) is 10.8. The van der Waals surface area contributed by atoms with Gasteiger partial charge in [-0.2, -0.15) is 5.26 Å². The highest BCUT2D eigenvalue weighted by Crippen LogP contribution is 2.53. The zero-order chi connectivity index (χ0) is 27.1. The van der Waals surface area contributed by atoms with Crippen molar-refractivity contribution in [2.24, 2.45) is 16.7 Å². The smallest absolute Gasteiger partial charge is 0.0621 e. The molecule has 0 fully saturated rings. The maximum Gasteiger partial charge on any atom is 0.0621 e. The average Bonchev–Trinajstić information content (AvgIpc) is 2.93. The summed E-state index contributed by atoms with van der Waals surface area (Å²) in [5.41, 5.74) is 5.46. The Labute approximate surface area is 229 Å². The molecule has 0 amide bonds. The summed E-state index contributed by atoms with van der Waals surface area (Å²) in [5.74, 6) is 1.92. The van der Waals surface area contributed by atoms with Gasteiger partial charge in [0.25, 0.3) is 0 Å². The standard InChI is InChI=1S/C36H53N/c1-8-28(4)35(6,10-3)26-31(29-17-12-11-13-18-29)25-30-21-23-36(7,33-20-15-14-19-32(30)33)27-34(5,9-2)22-16-24-37/h11-15,17-20,28,30-31H,8-10,16,21-23,25-27H2,1-7H3. The molecule has 6 unspecified atom stereocenters. The Kier molecular flexibility index (Phi) is 10.1. The van der Waals surface area contributed by atoms with Crippen LogP contribution in [-0.2, 0) is 5.41 Å². The summed E-state index contributed by atoms with van der Waals surface area (Å²) in [4.78, 5) is 0. The minimum Gasteiger partial charge on any atom is -0.198 e. The summed E-state index contributed by atoms with van der Waals surface area (Å²) in [6, 6.07) is 23.1. The number of hydrogen-bond donors (Lipinski definition) is 0. The van der Waals surface area contributed by atoms with Crippen LogP contribution in [0.3, 0.4) is 0 Å². The molecule has 0 radical (unpaired) electrons. The van der Waals surface area contributed by atoms with E-state index in [1.807, 2.05) is 0 Å². The zero-order valence-electron chi connectivity index (χ0n) is 24.9. The fraction of sp³-hybridized carbons (Fsp3) is 0.639. The molecular weight excluding hydrogens is 446 g/mol. The number of rotatable bonds is 13. The van der Waals surface area contributed by atoms with Crippen LogP contribution in [0.25, 0.3) is 0 Å². The van der Waals surface area contributed by atoms with Crippen LogP contribution < -0.4 is 0 Å². The highest BCUT2D eigenvalue weighted by molar-refractivity contribution is 5.40. The Bertz CT molecular complexity index is 1020. The van der Waals surface area contributed by atoms with Crippen molar-refractivity contribution in [3.8, 4) is 6.07 Å². The molecule has 0 aliphatic heterocycles. The summed E-state index contributed by atoms with van der Waals surface area (Å²) in [7, 11) is 0. The number of nitriles is 1. The molecule has 2 aromatic carbocycles. The van der Waals surface area contributed by atoms with E-state index < -0.39 is 0 Å². The molecule has 0 saturated carbocycles. The van der Waals surface area contributed by atoms with Gasteiger partial charge in [0, 0.05) is 6.42 Å². The Morgan fingerprint density at radius 3 is 2.30 bits per heavy atom. The minimum absolute atomic E-state index is 0.185. The first-order valence-electron chi connectivity index (χ1n) is 15.1.